The zero-order chi connectivity index (χ0) is 39.3. The smallest absolute Gasteiger partial charge is 0.120 e. The maximum atomic E-state index is 6.50. The van der Waals surface area contributed by atoms with Gasteiger partial charge in [0.1, 0.15) is 21.5 Å². The fraction of sp³-hybridized carbons (Fsp3) is 0.261. The van der Waals surface area contributed by atoms with Crippen LogP contribution in [0.2, 0.25) is 0 Å². The number of rotatable bonds is 15. The highest BCUT2D eigenvalue weighted by molar-refractivity contribution is 7.82. The van der Waals surface area contributed by atoms with E-state index in [1.165, 1.54) is 0 Å². The van der Waals surface area contributed by atoms with Gasteiger partial charge in [0.05, 0.1) is 40.1 Å². The number of morpholine rings is 1. The average Bonchev–Trinajstić information content (AvgIpc) is 3.26. The van der Waals surface area contributed by atoms with Gasteiger partial charge >= 0.3 is 0 Å². The predicted octanol–water partition coefficient (Wildman–Crippen LogP) is 8.88. The van der Waals surface area contributed by atoms with Crippen molar-refractivity contribution >= 4 is 56.9 Å². The van der Waals surface area contributed by atoms with Crippen LogP contribution in [-0.2, 0) is 9.47 Å². The van der Waals surface area contributed by atoms with Crippen molar-refractivity contribution in [3.8, 4) is 11.5 Å². The van der Waals surface area contributed by atoms with Crippen molar-refractivity contribution in [2.75, 3.05) is 77.6 Å². The highest BCUT2D eigenvalue weighted by Crippen LogP contribution is 2.34. The van der Waals surface area contributed by atoms with E-state index in [-0.39, 0.29) is 6.04 Å². The predicted molar refractivity (Wildman–Crippen MR) is 238 cm³/mol. The van der Waals surface area contributed by atoms with Gasteiger partial charge in [-0.15, -0.1) is 0 Å². The number of likely N-dealkylation sites (N-methyl/N-ethyl adjacent to an activating group) is 1. The number of ether oxygens (including phenoxy) is 4. The molecule has 0 N–H and O–H groups in total. The molecule has 0 spiro atoms. The molecular weight excluding hydrogens is 737 g/mol. The number of allylic oxidation sites excluding steroid dienone is 1. The van der Waals surface area contributed by atoms with E-state index in [0.29, 0.717) is 37.8 Å². The lowest BCUT2D eigenvalue weighted by Gasteiger charge is -2.36. The van der Waals surface area contributed by atoms with Crippen LogP contribution in [0.4, 0.5) is 11.4 Å². The molecule has 1 saturated heterocycles. The highest BCUT2D eigenvalue weighted by Gasteiger charge is 2.28. The van der Waals surface area contributed by atoms with E-state index < -0.39 is 0 Å². The molecule has 10 heteroatoms. The summed E-state index contributed by atoms with van der Waals surface area (Å²) in [4.78, 5) is 10.3. The molecule has 1 unspecified atom stereocenters. The molecule has 1 aliphatic carbocycles. The van der Waals surface area contributed by atoms with Gasteiger partial charge in [-0.25, -0.2) is 0 Å². The summed E-state index contributed by atoms with van der Waals surface area (Å²) in [6.45, 7) is 4.26. The second kappa shape index (κ2) is 20.1. The second-order valence-corrected chi connectivity index (χ2v) is 14.2. The van der Waals surface area contributed by atoms with Crippen molar-refractivity contribution in [3.05, 3.63) is 157 Å². The first-order valence-electron chi connectivity index (χ1n) is 18.8. The van der Waals surface area contributed by atoms with Crippen LogP contribution in [0.1, 0.15) is 17.5 Å². The maximum Gasteiger partial charge on any atom is 0.120 e. The lowest BCUT2D eigenvalue weighted by molar-refractivity contribution is 0.0597. The molecule has 6 rings (SSSR count). The molecule has 0 aromatic heterocycles. The summed E-state index contributed by atoms with van der Waals surface area (Å²) in [5.74, 6) is 1.58. The Morgan fingerprint density at radius 2 is 1.32 bits per heavy atom. The van der Waals surface area contributed by atoms with E-state index in [1.54, 1.807) is 21.3 Å². The van der Waals surface area contributed by atoms with E-state index in [1.807, 2.05) is 55.6 Å². The van der Waals surface area contributed by atoms with Crippen LogP contribution in [0.15, 0.2) is 146 Å². The summed E-state index contributed by atoms with van der Waals surface area (Å²) in [6, 6.07) is 36.8. The molecule has 1 aliphatic heterocycles. The van der Waals surface area contributed by atoms with E-state index in [4.69, 9.17) is 43.4 Å². The van der Waals surface area contributed by atoms with Crippen LogP contribution in [0.5, 0.6) is 11.5 Å². The Morgan fingerprint density at radius 3 is 1.86 bits per heavy atom. The fourth-order valence-electron chi connectivity index (χ4n) is 6.67. The zero-order valence-corrected chi connectivity index (χ0v) is 34.2. The molecule has 4 aromatic carbocycles. The summed E-state index contributed by atoms with van der Waals surface area (Å²) in [5, 5.41) is 0. The molecule has 4 aromatic rings. The van der Waals surface area contributed by atoms with Crippen molar-refractivity contribution in [2.24, 2.45) is 0 Å². The lowest BCUT2D eigenvalue weighted by atomic mass is 9.99. The summed E-state index contributed by atoms with van der Waals surface area (Å²) >= 11 is 12.9. The van der Waals surface area contributed by atoms with Crippen molar-refractivity contribution < 1.29 is 18.9 Å². The summed E-state index contributed by atoms with van der Waals surface area (Å²) in [5.41, 5.74) is 6.85. The summed E-state index contributed by atoms with van der Waals surface area (Å²) in [7, 11) is 7.11. The van der Waals surface area contributed by atoms with Crippen LogP contribution in [-0.4, -0.2) is 93.7 Å². The Labute approximate surface area is 342 Å². The van der Waals surface area contributed by atoms with Gasteiger partial charge < -0.3 is 38.5 Å². The van der Waals surface area contributed by atoms with Gasteiger partial charge in [0.2, 0.25) is 0 Å². The summed E-state index contributed by atoms with van der Waals surface area (Å²) in [6.07, 6.45) is 11.7. The van der Waals surface area contributed by atoms with Crippen molar-refractivity contribution in [1.29, 1.82) is 0 Å². The standard InChI is InChI=1S/C46H50N4O4S2/c1-47(27-30-51-2)33-43(35-15-23-41(52-3)24-16-35)45(55)49(37-11-7-5-8-12-37)39-19-21-40(22-20-39)50(38-13-9-6-10-14-38)46(56)44(34-48-28-31-54-32-29-48)36-17-25-42(53-4)26-18-36/h5-21,23-26,33-34,40H,22,27-32H2,1-4H3/b43-33+,44-34+. The van der Waals surface area contributed by atoms with Crippen molar-refractivity contribution in [3.63, 3.8) is 0 Å². The fourth-order valence-corrected chi connectivity index (χ4v) is 7.46. The number of hydrogen-bond donors (Lipinski definition) is 0. The maximum absolute atomic E-state index is 6.50. The Morgan fingerprint density at radius 1 is 0.750 bits per heavy atom. The highest BCUT2D eigenvalue weighted by atomic mass is 32.1. The minimum atomic E-state index is -0.0667. The van der Waals surface area contributed by atoms with Gasteiger partial charge in [-0.05, 0) is 72.2 Å². The Kier molecular flexibility index (Phi) is 14.5. The third kappa shape index (κ3) is 10.1. The number of thiocarbonyl (C=S) groups is 2. The number of benzene rings is 4. The molecule has 1 atom stereocenters. The van der Waals surface area contributed by atoms with Gasteiger partial charge in [-0.2, -0.15) is 0 Å². The first-order valence-corrected chi connectivity index (χ1v) is 19.6. The first-order chi connectivity index (χ1) is 27.4. The number of anilines is 2. The third-order valence-electron chi connectivity index (χ3n) is 9.74. The topological polar surface area (TPSA) is 49.9 Å². The van der Waals surface area contributed by atoms with Gasteiger partial charge in [-0.3, -0.25) is 0 Å². The zero-order valence-electron chi connectivity index (χ0n) is 32.5. The molecule has 0 bridgehead atoms. The number of hydrogen-bond acceptors (Lipinski definition) is 8. The van der Waals surface area contributed by atoms with E-state index in [2.05, 4.69) is 111 Å². The molecule has 8 nitrogen and oxygen atoms in total. The van der Waals surface area contributed by atoms with E-state index in [0.717, 1.165) is 68.9 Å². The molecule has 2 aliphatic rings. The lowest BCUT2D eigenvalue weighted by Crippen LogP contribution is -2.41. The van der Waals surface area contributed by atoms with Crippen LogP contribution < -0.4 is 19.3 Å². The molecule has 0 radical (unpaired) electrons. The molecular formula is C46H50N4O4S2. The van der Waals surface area contributed by atoms with Gasteiger partial charge in [-0.1, -0.05) is 97.3 Å². The number of para-hydroxylation sites is 2. The van der Waals surface area contributed by atoms with E-state index in [9.17, 15) is 0 Å². The molecule has 0 saturated carbocycles. The number of nitrogens with zero attached hydrogens (tertiary/aromatic N) is 4. The van der Waals surface area contributed by atoms with Crippen LogP contribution in [0, 0.1) is 0 Å². The van der Waals surface area contributed by atoms with Crippen molar-refractivity contribution in [2.45, 2.75) is 12.5 Å². The van der Waals surface area contributed by atoms with Crippen molar-refractivity contribution in [1.82, 2.24) is 9.80 Å². The minimum absolute atomic E-state index is 0.0667. The van der Waals surface area contributed by atoms with Crippen LogP contribution in [0.3, 0.4) is 0 Å². The molecule has 1 fully saturated rings. The Bertz CT molecular complexity index is 2030. The minimum Gasteiger partial charge on any atom is -0.497 e. The van der Waals surface area contributed by atoms with Gasteiger partial charge in [0, 0.05) is 74.4 Å². The Hall–Kier alpha value is -5.26. The normalized spacial score (nSPS) is 15.8. The second-order valence-electron chi connectivity index (χ2n) is 13.4. The largest absolute Gasteiger partial charge is 0.497 e. The van der Waals surface area contributed by atoms with Gasteiger partial charge in [0.15, 0.2) is 0 Å². The van der Waals surface area contributed by atoms with Gasteiger partial charge in [0.25, 0.3) is 0 Å². The quantitative estimate of drug-likeness (QED) is 0.0864. The average molecular weight is 787 g/mol. The molecule has 290 valence electrons. The SMILES string of the molecule is COCCN(C)/C=C(/C(=S)N(C1=CCC(N(C(=S)/C(=C/N2CCOCC2)c2ccc(OC)cc2)c2ccccc2)C=C1)c1ccccc1)c1ccc(OC)cc1. The molecule has 56 heavy (non-hydrogen) atoms. The molecule has 0 amide bonds. The number of methoxy groups -OCH3 is 3. The third-order valence-corrected chi connectivity index (χ3v) is 10.6. The monoisotopic (exact) mass is 786 g/mol. The molecule has 1 heterocycles. The first kappa shape index (κ1) is 40.4. The van der Waals surface area contributed by atoms with Crippen LogP contribution >= 0.6 is 24.4 Å². The van der Waals surface area contributed by atoms with E-state index >= 15 is 0 Å². The van der Waals surface area contributed by atoms with Crippen LogP contribution in [0.25, 0.3) is 11.1 Å². The Balaban J connectivity index is 1.37. The summed E-state index contributed by atoms with van der Waals surface area (Å²) < 4.78 is 22.0.